The molecule has 0 bridgehead atoms. The van der Waals surface area contributed by atoms with Crippen LogP contribution < -0.4 is 20.4 Å². The van der Waals surface area contributed by atoms with Crippen LogP contribution in [-0.2, 0) is 0 Å². The molecule has 11 heteroatoms. The molecule has 6 rings (SSSR count). The zero-order chi connectivity index (χ0) is 27.5. The van der Waals surface area contributed by atoms with Gasteiger partial charge >= 0.3 is 0 Å². The SMILES string of the molecule is O=C(Nc1ccc(Nc2nc(N3CCCCC3)nc(N3CCCCC3)n2)cc1Cl)c1ccc2cccnc2c1O. The van der Waals surface area contributed by atoms with E-state index in [0.717, 1.165) is 57.2 Å². The van der Waals surface area contributed by atoms with Crippen LogP contribution in [0.1, 0.15) is 48.9 Å². The number of nitrogens with one attached hydrogen (secondary N) is 2. The van der Waals surface area contributed by atoms with Crippen LogP contribution in [0.4, 0.5) is 29.2 Å². The van der Waals surface area contributed by atoms with Gasteiger partial charge in [0.05, 0.1) is 16.3 Å². The second-order valence-corrected chi connectivity index (χ2v) is 10.6. The Morgan fingerprint density at radius 2 is 1.52 bits per heavy atom. The summed E-state index contributed by atoms with van der Waals surface area (Å²) in [4.78, 5) is 35.9. The molecular formula is C29H31ClN8O2. The second-order valence-electron chi connectivity index (χ2n) is 10.2. The summed E-state index contributed by atoms with van der Waals surface area (Å²) in [5, 5.41) is 17.8. The predicted molar refractivity (Wildman–Crippen MR) is 158 cm³/mol. The number of rotatable bonds is 6. The summed E-state index contributed by atoms with van der Waals surface area (Å²) in [6.07, 6.45) is 8.54. The van der Waals surface area contributed by atoms with Crippen molar-refractivity contribution in [1.82, 2.24) is 19.9 Å². The summed E-state index contributed by atoms with van der Waals surface area (Å²) in [7, 11) is 0. The molecule has 2 aromatic carbocycles. The lowest BCUT2D eigenvalue weighted by molar-refractivity contribution is 0.102. The highest BCUT2D eigenvalue weighted by atomic mass is 35.5. The van der Waals surface area contributed by atoms with E-state index in [-0.39, 0.29) is 11.3 Å². The summed E-state index contributed by atoms with van der Waals surface area (Å²) in [5.74, 6) is 1.18. The summed E-state index contributed by atoms with van der Waals surface area (Å²) in [6.45, 7) is 3.75. The topological polar surface area (TPSA) is 119 Å². The number of hydrogen-bond acceptors (Lipinski definition) is 9. The van der Waals surface area contributed by atoms with Crippen molar-refractivity contribution >= 4 is 57.6 Å². The summed E-state index contributed by atoms with van der Waals surface area (Å²) >= 11 is 6.57. The number of benzene rings is 2. The molecule has 4 heterocycles. The number of fused-ring (bicyclic) bond motifs is 1. The van der Waals surface area contributed by atoms with Gasteiger partial charge in [0.25, 0.3) is 5.91 Å². The van der Waals surface area contributed by atoms with Crippen LogP contribution in [0.2, 0.25) is 5.02 Å². The zero-order valence-electron chi connectivity index (χ0n) is 22.1. The Labute approximate surface area is 237 Å². The van der Waals surface area contributed by atoms with E-state index in [1.807, 2.05) is 6.07 Å². The molecule has 3 N–H and O–H groups in total. The lowest BCUT2D eigenvalue weighted by atomic mass is 10.1. The fraction of sp³-hybridized carbons (Fsp3) is 0.345. The third-order valence-corrected chi connectivity index (χ3v) is 7.67. The van der Waals surface area contributed by atoms with Gasteiger partial charge in [-0.2, -0.15) is 15.0 Å². The first-order valence-electron chi connectivity index (χ1n) is 13.8. The van der Waals surface area contributed by atoms with E-state index in [0.29, 0.717) is 39.8 Å². The Kier molecular flexibility index (Phi) is 7.50. The number of aromatic nitrogens is 4. The van der Waals surface area contributed by atoms with Crippen LogP contribution in [-0.4, -0.2) is 57.1 Å². The molecule has 2 aliphatic rings. The maximum atomic E-state index is 13.0. The lowest BCUT2D eigenvalue weighted by Gasteiger charge is -2.30. The maximum Gasteiger partial charge on any atom is 0.259 e. The Morgan fingerprint density at radius 1 is 0.850 bits per heavy atom. The third-order valence-electron chi connectivity index (χ3n) is 7.36. The van der Waals surface area contributed by atoms with E-state index in [1.165, 1.54) is 12.8 Å². The molecule has 2 saturated heterocycles. The molecule has 0 unspecified atom stereocenters. The molecule has 1 amide bonds. The van der Waals surface area contributed by atoms with Crippen LogP contribution in [0.5, 0.6) is 5.75 Å². The average Bonchev–Trinajstić information content (AvgIpc) is 2.99. The number of phenolic OH excluding ortho intramolecular Hbond substituents is 1. The van der Waals surface area contributed by atoms with Crippen LogP contribution in [0.15, 0.2) is 48.7 Å². The highest BCUT2D eigenvalue weighted by molar-refractivity contribution is 6.34. The molecule has 0 saturated carbocycles. The Balaban J connectivity index is 1.22. The third kappa shape index (κ3) is 5.58. The van der Waals surface area contributed by atoms with Crippen molar-refractivity contribution in [2.24, 2.45) is 0 Å². The minimum Gasteiger partial charge on any atom is -0.505 e. The number of aromatic hydroxyl groups is 1. The quantitative estimate of drug-likeness (QED) is 0.271. The highest BCUT2D eigenvalue weighted by Gasteiger charge is 2.21. The van der Waals surface area contributed by atoms with Crippen molar-refractivity contribution in [3.63, 3.8) is 0 Å². The van der Waals surface area contributed by atoms with Crippen molar-refractivity contribution in [2.45, 2.75) is 38.5 Å². The first-order valence-corrected chi connectivity index (χ1v) is 14.1. The smallest absolute Gasteiger partial charge is 0.259 e. The number of halogens is 1. The number of hydrogen-bond donors (Lipinski definition) is 3. The number of carbonyl (C=O) groups is 1. The number of piperidine rings is 2. The summed E-state index contributed by atoms with van der Waals surface area (Å²) in [5.41, 5.74) is 1.58. The van der Waals surface area contributed by atoms with Gasteiger partial charge in [-0.15, -0.1) is 0 Å². The van der Waals surface area contributed by atoms with Crippen LogP contribution in [0.25, 0.3) is 10.9 Å². The summed E-state index contributed by atoms with van der Waals surface area (Å²) < 4.78 is 0. The van der Waals surface area contributed by atoms with Gasteiger partial charge in [-0.3, -0.25) is 9.78 Å². The number of pyridine rings is 1. The Hall–Kier alpha value is -4.18. The monoisotopic (exact) mass is 558 g/mol. The molecule has 206 valence electrons. The van der Waals surface area contributed by atoms with Gasteiger partial charge in [0.15, 0.2) is 5.75 Å². The number of carbonyl (C=O) groups excluding carboxylic acids is 1. The minimum absolute atomic E-state index is 0.116. The van der Waals surface area contributed by atoms with Crippen LogP contribution >= 0.6 is 11.6 Å². The first-order chi connectivity index (χ1) is 19.5. The number of nitrogens with zero attached hydrogens (tertiary/aromatic N) is 6. The van der Waals surface area contributed by atoms with E-state index in [2.05, 4.69) is 25.4 Å². The van der Waals surface area contributed by atoms with Crippen molar-refractivity contribution in [3.8, 4) is 5.75 Å². The normalized spacial score (nSPS) is 15.7. The molecular weight excluding hydrogens is 528 g/mol. The fourth-order valence-electron chi connectivity index (χ4n) is 5.21. The zero-order valence-corrected chi connectivity index (χ0v) is 22.9. The largest absolute Gasteiger partial charge is 0.505 e. The Morgan fingerprint density at radius 3 is 2.17 bits per heavy atom. The predicted octanol–water partition coefficient (Wildman–Crippen LogP) is 5.76. The summed E-state index contributed by atoms with van der Waals surface area (Å²) in [6, 6.07) is 12.1. The average molecular weight is 559 g/mol. The number of anilines is 5. The molecule has 40 heavy (non-hydrogen) atoms. The number of amides is 1. The Bertz CT molecular complexity index is 1500. The van der Waals surface area contributed by atoms with Gasteiger partial charge in [-0.05, 0) is 68.9 Å². The van der Waals surface area contributed by atoms with E-state index in [4.69, 9.17) is 26.6 Å². The molecule has 2 aromatic heterocycles. The lowest BCUT2D eigenvalue weighted by Crippen LogP contribution is -2.34. The number of phenols is 1. The highest BCUT2D eigenvalue weighted by Crippen LogP contribution is 2.31. The van der Waals surface area contributed by atoms with Crippen LogP contribution in [0.3, 0.4) is 0 Å². The van der Waals surface area contributed by atoms with E-state index >= 15 is 0 Å². The van der Waals surface area contributed by atoms with Crippen molar-refractivity contribution in [3.05, 3.63) is 59.2 Å². The van der Waals surface area contributed by atoms with Gasteiger partial charge in [0.2, 0.25) is 17.8 Å². The van der Waals surface area contributed by atoms with Gasteiger partial charge in [0.1, 0.15) is 5.52 Å². The standard InChI is InChI=1S/C29H31ClN8O2/c30-22-18-20(10-12-23(22)33-26(40)21-11-9-19-8-7-13-31-24(19)25(21)39)32-27-34-28(37-14-3-1-4-15-37)36-29(35-27)38-16-5-2-6-17-38/h7-13,18,39H,1-6,14-17H2,(H,33,40)(H,32,34,35,36). The first kappa shape index (κ1) is 26.1. The molecule has 0 spiro atoms. The molecule has 0 atom stereocenters. The van der Waals surface area contributed by atoms with Crippen molar-refractivity contribution < 1.29 is 9.90 Å². The molecule has 10 nitrogen and oxygen atoms in total. The molecule has 0 aliphatic carbocycles. The van der Waals surface area contributed by atoms with Crippen molar-refractivity contribution in [1.29, 1.82) is 0 Å². The van der Waals surface area contributed by atoms with Crippen molar-refractivity contribution in [2.75, 3.05) is 46.6 Å². The molecule has 4 aromatic rings. The van der Waals surface area contributed by atoms with E-state index in [1.54, 1.807) is 42.6 Å². The van der Waals surface area contributed by atoms with E-state index < -0.39 is 5.91 Å². The second kappa shape index (κ2) is 11.5. The van der Waals surface area contributed by atoms with Gasteiger partial charge in [-0.25, -0.2) is 0 Å². The minimum atomic E-state index is -0.484. The van der Waals surface area contributed by atoms with Gasteiger partial charge in [-0.1, -0.05) is 23.7 Å². The van der Waals surface area contributed by atoms with Gasteiger partial charge in [0, 0.05) is 43.4 Å². The van der Waals surface area contributed by atoms with E-state index in [9.17, 15) is 9.90 Å². The van der Waals surface area contributed by atoms with Crippen LogP contribution in [0, 0.1) is 0 Å². The maximum absolute atomic E-state index is 13.0. The van der Waals surface area contributed by atoms with Gasteiger partial charge < -0.3 is 25.5 Å². The fourth-order valence-corrected chi connectivity index (χ4v) is 5.43. The molecule has 0 radical (unpaired) electrons. The molecule has 2 aliphatic heterocycles. The molecule has 2 fully saturated rings.